The van der Waals surface area contributed by atoms with Crippen molar-refractivity contribution >= 4 is 0 Å². The Bertz CT molecular complexity index is 549. The molecular formula is C15H15FN2O. The third-order valence-corrected chi connectivity index (χ3v) is 3.14. The maximum absolute atomic E-state index is 12.8. The molecule has 0 spiro atoms. The van der Waals surface area contributed by atoms with E-state index in [0.717, 1.165) is 24.2 Å². The Morgan fingerprint density at radius 1 is 1.16 bits per heavy atom. The van der Waals surface area contributed by atoms with Crippen molar-refractivity contribution in [3.05, 3.63) is 59.7 Å². The Hall–Kier alpha value is -1.94. The van der Waals surface area contributed by atoms with Crippen molar-refractivity contribution in [3.63, 3.8) is 0 Å². The largest absolute Gasteiger partial charge is 0.490 e. The lowest BCUT2D eigenvalue weighted by atomic mass is 10.0. The second-order valence-corrected chi connectivity index (χ2v) is 4.77. The maximum atomic E-state index is 12.8. The molecule has 1 atom stereocenters. The van der Waals surface area contributed by atoms with Gasteiger partial charge in [0.15, 0.2) is 0 Å². The molecule has 1 aliphatic rings. The van der Waals surface area contributed by atoms with E-state index in [-0.39, 0.29) is 11.9 Å². The lowest BCUT2D eigenvalue weighted by Crippen LogP contribution is -2.13. The van der Waals surface area contributed by atoms with Crippen LogP contribution in [0.4, 0.5) is 4.39 Å². The highest BCUT2D eigenvalue weighted by Crippen LogP contribution is 2.28. The minimum atomic E-state index is -0.357. The lowest BCUT2D eigenvalue weighted by molar-refractivity contribution is 0.303. The summed E-state index contributed by atoms with van der Waals surface area (Å²) < 4.78 is 18.5. The predicted octanol–water partition coefficient (Wildman–Crippen LogP) is 2.81. The molecule has 1 aromatic heterocycles. The first-order valence-electron chi connectivity index (χ1n) is 6.36. The van der Waals surface area contributed by atoms with Crippen molar-refractivity contribution in [2.75, 3.05) is 0 Å². The second-order valence-electron chi connectivity index (χ2n) is 4.77. The van der Waals surface area contributed by atoms with E-state index in [1.165, 1.54) is 12.3 Å². The van der Waals surface area contributed by atoms with Crippen LogP contribution in [0.25, 0.3) is 0 Å². The Kier molecular flexibility index (Phi) is 3.17. The molecule has 4 heteroatoms. The molecule has 19 heavy (non-hydrogen) atoms. The third-order valence-electron chi connectivity index (χ3n) is 3.14. The van der Waals surface area contributed by atoms with Crippen LogP contribution in [-0.4, -0.2) is 11.1 Å². The average molecular weight is 258 g/mol. The summed E-state index contributed by atoms with van der Waals surface area (Å²) in [6.45, 7) is 0. The summed E-state index contributed by atoms with van der Waals surface area (Å²) in [5.41, 5.74) is 7.69. The first-order valence-corrected chi connectivity index (χ1v) is 6.36. The van der Waals surface area contributed by atoms with Crippen LogP contribution >= 0.6 is 0 Å². The van der Waals surface area contributed by atoms with E-state index in [1.54, 1.807) is 6.07 Å². The number of hydrogen-bond acceptors (Lipinski definition) is 3. The number of aromatic nitrogens is 1. The van der Waals surface area contributed by atoms with Gasteiger partial charge in [-0.15, -0.1) is 0 Å². The van der Waals surface area contributed by atoms with Gasteiger partial charge in [0.2, 0.25) is 0 Å². The fraction of sp³-hybridized carbons (Fsp3) is 0.267. The van der Waals surface area contributed by atoms with Crippen LogP contribution in [0.3, 0.4) is 0 Å². The van der Waals surface area contributed by atoms with Crippen LogP contribution < -0.4 is 10.5 Å². The molecule has 1 aliphatic carbocycles. The molecule has 0 saturated heterocycles. The van der Waals surface area contributed by atoms with E-state index in [0.29, 0.717) is 11.8 Å². The van der Waals surface area contributed by atoms with Gasteiger partial charge in [-0.25, -0.2) is 4.39 Å². The van der Waals surface area contributed by atoms with Gasteiger partial charge in [-0.3, -0.25) is 4.98 Å². The van der Waals surface area contributed by atoms with E-state index in [2.05, 4.69) is 4.98 Å². The molecule has 0 amide bonds. The lowest BCUT2D eigenvalue weighted by Gasteiger charge is -2.12. The molecule has 1 fully saturated rings. The zero-order valence-corrected chi connectivity index (χ0v) is 10.4. The van der Waals surface area contributed by atoms with Crippen molar-refractivity contribution in [3.8, 4) is 5.75 Å². The number of pyridine rings is 1. The van der Waals surface area contributed by atoms with Gasteiger partial charge in [-0.05, 0) is 42.7 Å². The monoisotopic (exact) mass is 258 g/mol. The number of rotatable bonds is 4. The maximum Gasteiger partial charge on any atom is 0.141 e. The summed E-state index contributed by atoms with van der Waals surface area (Å²) >= 11 is 0. The van der Waals surface area contributed by atoms with Gasteiger partial charge in [-0.2, -0.15) is 0 Å². The zero-order valence-electron chi connectivity index (χ0n) is 10.4. The molecule has 1 saturated carbocycles. The van der Waals surface area contributed by atoms with E-state index in [1.807, 2.05) is 24.3 Å². The smallest absolute Gasteiger partial charge is 0.141 e. The summed E-state index contributed by atoms with van der Waals surface area (Å²) in [5, 5.41) is 0. The second kappa shape index (κ2) is 4.97. The van der Waals surface area contributed by atoms with Gasteiger partial charge in [0, 0.05) is 0 Å². The van der Waals surface area contributed by atoms with Gasteiger partial charge in [0.25, 0.3) is 0 Å². The summed E-state index contributed by atoms with van der Waals surface area (Å²) in [6, 6.07) is 10.3. The predicted molar refractivity (Wildman–Crippen MR) is 70.3 cm³/mol. The van der Waals surface area contributed by atoms with Gasteiger partial charge >= 0.3 is 0 Å². The standard InChI is InChI=1S/C15H15FN2O/c16-11-3-8-14(18-9-11)15(17)10-1-4-12(5-2-10)19-13-6-7-13/h1-5,8-9,13,15H,6-7,17H2. The minimum Gasteiger partial charge on any atom is -0.490 e. The zero-order chi connectivity index (χ0) is 13.2. The molecule has 3 rings (SSSR count). The van der Waals surface area contributed by atoms with Crippen molar-refractivity contribution in [2.45, 2.75) is 25.0 Å². The van der Waals surface area contributed by atoms with Crippen LogP contribution in [0.1, 0.15) is 30.1 Å². The van der Waals surface area contributed by atoms with Gasteiger partial charge in [0.1, 0.15) is 11.6 Å². The van der Waals surface area contributed by atoms with E-state index in [9.17, 15) is 4.39 Å². The molecule has 98 valence electrons. The highest BCUT2D eigenvalue weighted by Gasteiger charge is 2.23. The molecule has 0 aliphatic heterocycles. The normalized spacial score (nSPS) is 16.1. The highest BCUT2D eigenvalue weighted by atomic mass is 19.1. The fourth-order valence-electron chi connectivity index (χ4n) is 1.87. The van der Waals surface area contributed by atoms with Crippen molar-refractivity contribution < 1.29 is 9.13 Å². The van der Waals surface area contributed by atoms with E-state index in [4.69, 9.17) is 10.5 Å². The molecule has 1 heterocycles. The number of nitrogens with two attached hydrogens (primary N) is 1. The Morgan fingerprint density at radius 2 is 1.89 bits per heavy atom. The summed E-state index contributed by atoms with van der Waals surface area (Å²) in [6.07, 6.45) is 3.85. The summed E-state index contributed by atoms with van der Waals surface area (Å²) in [4.78, 5) is 4.00. The van der Waals surface area contributed by atoms with Crippen LogP contribution in [0.15, 0.2) is 42.6 Å². The Labute approximate surface area is 111 Å². The Morgan fingerprint density at radius 3 is 2.47 bits per heavy atom. The van der Waals surface area contributed by atoms with Crippen LogP contribution in [0.2, 0.25) is 0 Å². The van der Waals surface area contributed by atoms with E-state index >= 15 is 0 Å². The van der Waals surface area contributed by atoms with Gasteiger partial charge < -0.3 is 10.5 Å². The third kappa shape index (κ3) is 2.90. The number of halogens is 1. The fourth-order valence-corrected chi connectivity index (χ4v) is 1.87. The number of nitrogens with zero attached hydrogens (tertiary/aromatic N) is 1. The molecule has 1 aromatic carbocycles. The molecule has 2 aromatic rings. The van der Waals surface area contributed by atoms with Crippen molar-refractivity contribution in [1.29, 1.82) is 0 Å². The number of benzene rings is 1. The minimum absolute atomic E-state index is 0.351. The first-order chi connectivity index (χ1) is 9.22. The van der Waals surface area contributed by atoms with E-state index < -0.39 is 0 Å². The molecule has 0 bridgehead atoms. The van der Waals surface area contributed by atoms with Crippen LogP contribution in [0, 0.1) is 5.82 Å². The topological polar surface area (TPSA) is 48.1 Å². The number of hydrogen-bond donors (Lipinski definition) is 1. The molecule has 0 radical (unpaired) electrons. The molecule has 2 N–H and O–H groups in total. The van der Waals surface area contributed by atoms with Gasteiger partial charge in [-0.1, -0.05) is 12.1 Å². The van der Waals surface area contributed by atoms with Crippen molar-refractivity contribution in [1.82, 2.24) is 4.98 Å². The SMILES string of the molecule is NC(c1ccc(OC2CC2)cc1)c1ccc(F)cn1. The summed E-state index contributed by atoms with van der Waals surface area (Å²) in [5.74, 6) is 0.509. The Balaban J connectivity index is 1.75. The highest BCUT2D eigenvalue weighted by molar-refractivity contribution is 5.33. The van der Waals surface area contributed by atoms with Crippen LogP contribution in [0.5, 0.6) is 5.75 Å². The molecule has 1 unspecified atom stereocenters. The van der Waals surface area contributed by atoms with Gasteiger partial charge in [0.05, 0.1) is 24.0 Å². The first kappa shape index (κ1) is 12.1. The number of ether oxygens (including phenoxy) is 1. The quantitative estimate of drug-likeness (QED) is 0.917. The average Bonchev–Trinajstić information content (AvgIpc) is 3.24. The molecule has 3 nitrogen and oxygen atoms in total. The molecular weight excluding hydrogens is 243 g/mol. The van der Waals surface area contributed by atoms with Crippen molar-refractivity contribution in [2.24, 2.45) is 5.73 Å². The summed E-state index contributed by atoms with van der Waals surface area (Å²) in [7, 11) is 0. The van der Waals surface area contributed by atoms with Crippen LogP contribution in [-0.2, 0) is 0 Å².